The summed E-state index contributed by atoms with van der Waals surface area (Å²) in [6.07, 6.45) is 3.21. The van der Waals surface area contributed by atoms with Gasteiger partial charge in [-0.05, 0) is 61.1 Å². The average Bonchev–Trinajstić information content (AvgIpc) is 3.36. The van der Waals surface area contributed by atoms with Gasteiger partial charge in [-0.25, -0.2) is 9.18 Å². The molecule has 160 valence electrons. The number of ketones is 1. The maximum absolute atomic E-state index is 14.9. The number of Topliss-reactive ketones (excluding diaryl/α,β-unsaturated/α-hetero) is 1. The van der Waals surface area contributed by atoms with E-state index in [2.05, 4.69) is 4.90 Å². The lowest BCUT2D eigenvalue weighted by molar-refractivity contribution is 0.0914. The van der Waals surface area contributed by atoms with Crippen LogP contribution in [0.1, 0.15) is 36.2 Å². The molecule has 0 bridgehead atoms. The van der Waals surface area contributed by atoms with E-state index in [-0.39, 0.29) is 18.0 Å². The molecule has 0 spiro atoms. The first-order chi connectivity index (χ1) is 14.6. The highest BCUT2D eigenvalue weighted by molar-refractivity contribution is 7.99. The van der Waals surface area contributed by atoms with Crippen LogP contribution in [0.4, 0.5) is 20.6 Å². The van der Waals surface area contributed by atoms with Crippen LogP contribution in [-0.4, -0.2) is 49.1 Å². The highest BCUT2D eigenvalue weighted by atomic mass is 32.2. The fourth-order valence-electron chi connectivity index (χ4n) is 3.83. The van der Waals surface area contributed by atoms with Gasteiger partial charge >= 0.3 is 6.09 Å². The number of halogens is 1. The van der Waals surface area contributed by atoms with Gasteiger partial charge in [0.2, 0.25) is 0 Å². The second kappa shape index (κ2) is 9.55. The first-order valence-electron chi connectivity index (χ1n) is 10.3. The number of ether oxygens (including phenoxy) is 1. The summed E-state index contributed by atoms with van der Waals surface area (Å²) >= 11 is 1.95. The van der Waals surface area contributed by atoms with Crippen molar-refractivity contribution in [1.29, 1.82) is 0 Å². The Labute approximate surface area is 179 Å². The van der Waals surface area contributed by atoms with Crippen LogP contribution in [0.25, 0.3) is 0 Å². The molecule has 3 heterocycles. The zero-order chi connectivity index (χ0) is 20.9. The Morgan fingerprint density at radius 1 is 1.20 bits per heavy atom. The molecule has 2 aliphatic rings. The average molecular weight is 433 g/mol. The number of rotatable bonds is 6. The van der Waals surface area contributed by atoms with Crippen molar-refractivity contribution in [3.63, 3.8) is 0 Å². The van der Waals surface area contributed by atoms with Crippen molar-refractivity contribution >= 4 is 35.0 Å². The SMILES string of the molecule is O=C(CC[C@H]1CN(c2ccc(N3CCCSCCC3)c(F)c2)C(=O)O1)c1ccco1. The van der Waals surface area contributed by atoms with E-state index in [4.69, 9.17) is 9.15 Å². The summed E-state index contributed by atoms with van der Waals surface area (Å²) in [6, 6.07) is 8.20. The third-order valence-electron chi connectivity index (χ3n) is 5.38. The molecule has 2 aliphatic heterocycles. The Morgan fingerprint density at radius 2 is 2.00 bits per heavy atom. The normalized spacial score (nSPS) is 20.0. The number of amides is 1. The number of carbonyl (C=O) groups excluding carboxylic acids is 2. The molecular weight excluding hydrogens is 407 g/mol. The Balaban J connectivity index is 1.38. The minimum absolute atomic E-state index is 0.128. The molecule has 2 fully saturated rings. The molecule has 1 amide bonds. The van der Waals surface area contributed by atoms with E-state index < -0.39 is 12.2 Å². The quantitative estimate of drug-likeness (QED) is 0.615. The zero-order valence-electron chi connectivity index (χ0n) is 16.7. The fourth-order valence-corrected chi connectivity index (χ4v) is 4.70. The van der Waals surface area contributed by atoms with E-state index in [0.29, 0.717) is 30.1 Å². The summed E-state index contributed by atoms with van der Waals surface area (Å²) in [4.78, 5) is 27.9. The van der Waals surface area contributed by atoms with Gasteiger partial charge in [-0.15, -0.1) is 0 Å². The van der Waals surface area contributed by atoms with Crippen LogP contribution in [0.15, 0.2) is 41.0 Å². The first-order valence-corrected chi connectivity index (χ1v) is 11.4. The molecular formula is C22H25FN2O4S. The molecule has 8 heteroatoms. The van der Waals surface area contributed by atoms with Crippen LogP contribution in [-0.2, 0) is 4.74 Å². The Bertz CT molecular complexity index is 881. The zero-order valence-corrected chi connectivity index (χ0v) is 17.5. The van der Waals surface area contributed by atoms with E-state index in [1.807, 2.05) is 11.8 Å². The number of furan rings is 1. The Kier molecular flexibility index (Phi) is 6.62. The molecule has 0 radical (unpaired) electrons. The number of hydrogen-bond acceptors (Lipinski definition) is 6. The van der Waals surface area contributed by atoms with E-state index in [1.54, 1.807) is 24.3 Å². The predicted octanol–water partition coefficient (Wildman–Crippen LogP) is 4.74. The van der Waals surface area contributed by atoms with Gasteiger partial charge in [0.1, 0.15) is 11.9 Å². The summed E-state index contributed by atoms with van der Waals surface area (Å²) in [5.41, 5.74) is 1.06. The van der Waals surface area contributed by atoms with E-state index in [0.717, 1.165) is 37.4 Å². The molecule has 1 aromatic carbocycles. The van der Waals surface area contributed by atoms with Gasteiger partial charge in [0.15, 0.2) is 11.5 Å². The minimum Gasteiger partial charge on any atom is -0.461 e. The van der Waals surface area contributed by atoms with Crippen LogP contribution in [0.3, 0.4) is 0 Å². The number of nitrogens with zero attached hydrogens (tertiary/aromatic N) is 2. The number of hydrogen-bond donors (Lipinski definition) is 0. The second-order valence-electron chi connectivity index (χ2n) is 7.50. The van der Waals surface area contributed by atoms with Gasteiger partial charge in [0, 0.05) is 19.5 Å². The molecule has 0 aliphatic carbocycles. The fraction of sp³-hybridized carbons (Fsp3) is 0.455. The van der Waals surface area contributed by atoms with Crippen molar-refractivity contribution in [2.45, 2.75) is 31.8 Å². The van der Waals surface area contributed by atoms with Crippen molar-refractivity contribution in [1.82, 2.24) is 0 Å². The van der Waals surface area contributed by atoms with Gasteiger partial charge in [-0.2, -0.15) is 11.8 Å². The van der Waals surface area contributed by atoms with Crippen LogP contribution >= 0.6 is 11.8 Å². The van der Waals surface area contributed by atoms with Gasteiger partial charge in [-0.1, -0.05) is 0 Å². The summed E-state index contributed by atoms with van der Waals surface area (Å²) in [7, 11) is 0. The lowest BCUT2D eigenvalue weighted by atomic mass is 10.1. The minimum atomic E-state index is -0.513. The summed E-state index contributed by atoms with van der Waals surface area (Å²) in [5.74, 6) is 2.04. The number of anilines is 2. The van der Waals surface area contributed by atoms with Crippen LogP contribution in [0.2, 0.25) is 0 Å². The van der Waals surface area contributed by atoms with E-state index in [9.17, 15) is 14.0 Å². The van der Waals surface area contributed by atoms with Gasteiger partial charge < -0.3 is 14.1 Å². The summed E-state index contributed by atoms with van der Waals surface area (Å²) in [6.45, 7) is 1.96. The predicted molar refractivity (Wildman–Crippen MR) is 115 cm³/mol. The monoisotopic (exact) mass is 432 g/mol. The summed E-state index contributed by atoms with van der Waals surface area (Å²) < 4.78 is 25.4. The third kappa shape index (κ3) is 4.80. The molecule has 2 aromatic rings. The highest BCUT2D eigenvalue weighted by Gasteiger charge is 2.33. The van der Waals surface area contributed by atoms with E-state index in [1.165, 1.54) is 17.2 Å². The molecule has 4 rings (SSSR count). The van der Waals surface area contributed by atoms with Crippen molar-refractivity contribution < 1.29 is 23.1 Å². The van der Waals surface area contributed by atoms with Gasteiger partial charge in [-0.3, -0.25) is 9.69 Å². The number of benzene rings is 1. The second-order valence-corrected chi connectivity index (χ2v) is 8.72. The highest BCUT2D eigenvalue weighted by Crippen LogP contribution is 2.30. The molecule has 0 N–H and O–H groups in total. The van der Waals surface area contributed by atoms with Gasteiger partial charge in [0.05, 0.1) is 24.2 Å². The van der Waals surface area contributed by atoms with Crippen LogP contribution in [0, 0.1) is 5.82 Å². The first kappa shape index (κ1) is 20.8. The molecule has 30 heavy (non-hydrogen) atoms. The molecule has 0 unspecified atom stereocenters. The van der Waals surface area contributed by atoms with Crippen LogP contribution in [0.5, 0.6) is 0 Å². The number of cyclic esters (lactones) is 1. The topological polar surface area (TPSA) is 63.0 Å². The van der Waals surface area contributed by atoms with Crippen molar-refractivity contribution in [2.24, 2.45) is 0 Å². The van der Waals surface area contributed by atoms with Gasteiger partial charge in [0.25, 0.3) is 0 Å². The van der Waals surface area contributed by atoms with Crippen molar-refractivity contribution in [3.8, 4) is 0 Å². The van der Waals surface area contributed by atoms with Crippen LogP contribution < -0.4 is 9.80 Å². The Morgan fingerprint density at radius 3 is 2.70 bits per heavy atom. The largest absolute Gasteiger partial charge is 0.461 e. The molecule has 2 saturated heterocycles. The Hall–Kier alpha value is -2.48. The number of carbonyl (C=O) groups is 2. The smallest absolute Gasteiger partial charge is 0.414 e. The molecule has 1 atom stereocenters. The lowest BCUT2D eigenvalue weighted by Gasteiger charge is -2.27. The van der Waals surface area contributed by atoms with Crippen molar-refractivity contribution in [2.75, 3.05) is 40.9 Å². The lowest BCUT2D eigenvalue weighted by Crippen LogP contribution is -2.29. The van der Waals surface area contributed by atoms with E-state index >= 15 is 0 Å². The van der Waals surface area contributed by atoms with Crippen molar-refractivity contribution in [3.05, 3.63) is 48.2 Å². The third-order valence-corrected chi connectivity index (χ3v) is 6.54. The maximum Gasteiger partial charge on any atom is 0.414 e. The molecule has 1 aromatic heterocycles. The number of thioether (sulfide) groups is 1. The maximum atomic E-state index is 14.9. The molecule has 6 nitrogen and oxygen atoms in total. The summed E-state index contributed by atoms with van der Waals surface area (Å²) in [5, 5.41) is 0. The molecule has 0 saturated carbocycles. The standard InChI is InChI=1S/C22H25FN2O4S/c23-18-14-16(5-7-19(18)24-9-2-12-30-13-3-10-24)25-15-17(29-22(25)27)6-8-20(26)21-4-1-11-28-21/h1,4-5,7,11,14,17H,2-3,6,8-10,12-13,15H2/t17-/m0/s1.